The first kappa shape index (κ1) is 11.8. The second-order valence-electron chi connectivity index (χ2n) is 2.08. The number of benzene rings is 1. The van der Waals surface area contributed by atoms with Gasteiger partial charge in [0.05, 0.1) is 0 Å². The van der Waals surface area contributed by atoms with Crippen LogP contribution in [-0.2, 0) is 4.79 Å². The first-order chi connectivity index (χ1) is 5.29. The van der Waals surface area contributed by atoms with Crippen molar-refractivity contribution < 1.29 is 50.7 Å². The van der Waals surface area contributed by atoms with Crippen molar-refractivity contribution in [3.63, 3.8) is 0 Å². The molecule has 0 aliphatic heterocycles. The summed E-state index contributed by atoms with van der Waals surface area (Å²) in [5.74, 6) is -0.922. The van der Waals surface area contributed by atoms with E-state index >= 15 is 0 Å². The molecule has 0 atom stereocenters. The van der Waals surface area contributed by atoms with Gasteiger partial charge < -0.3 is 5.11 Å². The van der Waals surface area contributed by atoms with Gasteiger partial charge >= 0.3 is 5.97 Å². The first-order valence-corrected chi connectivity index (χ1v) is 3.25. The Balaban J connectivity index is 0.00000121. The quantitative estimate of drug-likeness (QED) is 0.844. The zero-order valence-electron chi connectivity index (χ0n) is 6.40. The van der Waals surface area contributed by atoms with Gasteiger partial charge in [-0.15, -0.1) is 0 Å². The van der Waals surface area contributed by atoms with Crippen molar-refractivity contribution >= 4 is 12.0 Å². The normalized spacial score (nSPS) is 9.33. The maximum Gasteiger partial charge on any atom is 0.328 e. The molecule has 1 N–H and O–H groups in total. The molecule has 12 heavy (non-hydrogen) atoms. The Hall–Kier alpha value is -0.219. The molecule has 2 nitrogen and oxygen atoms in total. The average Bonchev–Trinajstić information content (AvgIpc) is 2.03. The molecule has 1 aromatic rings. The maximum atomic E-state index is 10.1. The van der Waals surface area contributed by atoms with E-state index in [-0.39, 0.29) is 40.8 Å². The molecule has 1 aromatic carbocycles. The smallest absolute Gasteiger partial charge is 0.328 e. The second kappa shape index (κ2) is 6.31. The van der Waals surface area contributed by atoms with Crippen LogP contribution in [0.1, 0.15) is 5.56 Å². The standard InChI is InChI=1S/C9H8O2.Nd/c10-9(11)7-6-8-4-2-1-3-5-8;/h1-7H,(H,10,11);. The summed E-state index contributed by atoms with van der Waals surface area (Å²) in [6.45, 7) is 0. The zero-order valence-corrected chi connectivity index (χ0v) is 9.61. The second-order valence-corrected chi connectivity index (χ2v) is 2.08. The third-order valence-electron chi connectivity index (χ3n) is 1.22. The van der Waals surface area contributed by atoms with Crippen LogP contribution < -0.4 is 0 Å². The molecule has 0 radical (unpaired) electrons. The van der Waals surface area contributed by atoms with E-state index in [1.165, 1.54) is 0 Å². The van der Waals surface area contributed by atoms with Crippen molar-refractivity contribution in [1.29, 1.82) is 0 Å². The van der Waals surface area contributed by atoms with E-state index in [2.05, 4.69) is 0 Å². The first-order valence-electron chi connectivity index (χ1n) is 3.25. The van der Waals surface area contributed by atoms with Gasteiger partial charge in [0.15, 0.2) is 0 Å². The van der Waals surface area contributed by atoms with E-state index in [0.717, 1.165) is 11.6 Å². The van der Waals surface area contributed by atoms with Crippen LogP contribution in [0.2, 0.25) is 0 Å². The van der Waals surface area contributed by atoms with Crippen LogP contribution >= 0.6 is 0 Å². The van der Waals surface area contributed by atoms with Crippen LogP contribution in [0.15, 0.2) is 36.4 Å². The van der Waals surface area contributed by atoms with Crippen molar-refractivity contribution in [1.82, 2.24) is 0 Å². The minimum absolute atomic E-state index is 0. The molecule has 0 fully saturated rings. The van der Waals surface area contributed by atoms with E-state index in [1.807, 2.05) is 30.3 Å². The Morgan fingerprint density at radius 2 is 1.83 bits per heavy atom. The van der Waals surface area contributed by atoms with Gasteiger partial charge in [0.2, 0.25) is 0 Å². The van der Waals surface area contributed by atoms with E-state index in [0.29, 0.717) is 0 Å². The summed E-state index contributed by atoms with van der Waals surface area (Å²) in [5, 5.41) is 8.29. The van der Waals surface area contributed by atoms with Gasteiger partial charge in [0.25, 0.3) is 0 Å². The van der Waals surface area contributed by atoms with Crippen LogP contribution in [-0.4, -0.2) is 11.1 Å². The summed E-state index contributed by atoms with van der Waals surface area (Å²) >= 11 is 0. The van der Waals surface area contributed by atoms with Gasteiger partial charge in [-0.05, 0) is 11.6 Å². The molecule has 1 rings (SSSR count). The Bertz CT molecular complexity index is 267. The largest absolute Gasteiger partial charge is 0.478 e. The fraction of sp³-hybridized carbons (Fsp3) is 0. The van der Waals surface area contributed by atoms with Gasteiger partial charge in [-0.3, -0.25) is 0 Å². The number of carbonyl (C=O) groups is 1. The molecule has 0 aliphatic carbocycles. The third kappa shape index (κ3) is 4.62. The Morgan fingerprint density at radius 3 is 2.33 bits per heavy atom. The number of hydrogen-bond acceptors (Lipinski definition) is 1. The van der Waals surface area contributed by atoms with Crippen molar-refractivity contribution in [2.75, 3.05) is 0 Å². The van der Waals surface area contributed by atoms with Crippen LogP contribution in [0.3, 0.4) is 0 Å². The minimum atomic E-state index is -0.922. The number of hydrogen-bond donors (Lipinski definition) is 1. The predicted octanol–water partition coefficient (Wildman–Crippen LogP) is 1.78. The molecule has 0 aliphatic rings. The van der Waals surface area contributed by atoms with E-state index in [1.54, 1.807) is 6.08 Å². The summed E-state index contributed by atoms with van der Waals surface area (Å²) in [6, 6.07) is 9.31. The SMILES string of the molecule is O=C(O)C=Cc1ccccc1.[Nd]. The molecule has 0 saturated heterocycles. The molecule has 0 spiro atoms. The van der Waals surface area contributed by atoms with E-state index < -0.39 is 5.97 Å². The minimum Gasteiger partial charge on any atom is -0.478 e. The Kier molecular flexibility index (Phi) is 6.20. The Labute approximate surface area is 104 Å². The molecule has 0 saturated carbocycles. The molecule has 0 bridgehead atoms. The monoisotopic (exact) mass is 290 g/mol. The van der Waals surface area contributed by atoms with Gasteiger partial charge in [0, 0.05) is 46.9 Å². The molecule has 0 heterocycles. The maximum absolute atomic E-state index is 10.1. The summed E-state index contributed by atoms with van der Waals surface area (Å²) in [4.78, 5) is 10.1. The summed E-state index contributed by atoms with van der Waals surface area (Å²) in [6.07, 6.45) is 2.68. The molecular weight excluding hydrogens is 284 g/mol. The molecular formula is C9H8NdO2. The summed E-state index contributed by atoms with van der Waals surface area (Å²) in [5.41, 5.74) is 0.898. The van der Waals surface area contributed by atoms with Gasteiger partial charge in [-0.1, -0.05) is 30.3 Å². The summed E-state index contributed by atoms with van der Waals surface area (Å²) in [7, 11) is 0. The van der Waals surface area contributed by atoms with Crippen LogP contribution in [0.5, 0.6) is 0 Å². The van der Waals surface area contributed by atoms with Crippen molar-refractivity contribution in [3.05, 3.63) is 42.0 Å². The predicted molar refractivity (Wildman–Crippen MR) is 43.1 cm³/mol. The van der Waals surface area contributed by atoms with Gasteiger partial charge in [-0.25, -0.2) is 4.79 Å². The van der Waals surface area contributed by atoms with E-state index in [4.69, 9.17) is 5.11 Å². The van der Waals surface area contributed by atoms with Crippen molar-refractivity contribution in [2.45, 2.75) is 0 Å². The fourth-order valence-electron chi connectivity index (χ4n) is 0.732. The number of carboxylic acid groups (broad SMARTS) is 1. The fourth-order valence-corrected chi connectivity index (χ4v) is 0.732. The number of aliphatic carboxylic acids is 1. The molecule has 0 unspecified atom stereocenters. The average molecular weight is 292 g/mol. The third-order valence-corrected chi connectivity index (χ3v) is 1.22. The topological polar surface area (TPSA) is 37.3 Å². The van der Waals surface area contributed by atoms with Crippen molar-refractivity contribution in [3.8, 4) is 0 Å². The summed E-state index contributed by atoms with van der Waals surface area (Å²) < 4.78 is 0. The van der Waals surface area contributed by atoms with Crippen molar-refractivity contribution in [2.24, 2.45) is 0 Å². The van der Waals surface area contributed by atoms with Crippen LogP contribution in [0, 0.1) is 40.8 Å². The van der Waals surface area contributed by atoms with Gasteiger partial charge in [0.1, 0.15) is 0 Å². The number of rotatable bonds is 2. The Morgan fingerprint density at radius 1 is 1.25 bits per heavy atom. The van der Waals surface area contributed by atoms with Crippen LogP contribution in [0.4, 0.5) is 0 Å². The van der Waals surface area contributed by atoms with Crippen LogP contribution in [0.25, 0.3) is 6.08 Å². The molecule has 0 aromatic heterocycles. The van der Waals surface area contributed by atoms with E-state index in [9.17, 15) is 4.79 Å². The zero-order chi connectivity index (χ0) is 8.10. The molecule has 0 amide bonds. The number of carboxylic acids is 1. The van der Waals surface area contributed by atoms with Gasteiger partial charge in [-0.2, -0.15) is 0 Å². The molecule has 60 valence electrons. The molecule has 3 heteroatoms.